The molecule has 0 rings (SSSR count). The summed E-state index contributed by atoms with van der Waals surface area (Å²) in [6.07, 6.45) is 0. The second kappa shape index (κ2) is 6.88. The molecule has 0 aromatic heterocycles. The van der Waals surface area contributed by atoms with E-state index in [0.29, 0.717) is 0 Å². The minimum atomic E-state index is -6.69. The van der Waals surface area contributed by atoms with E-state index in [1.54, 1.807) is 0 Å². The van der Waals surface area contributed by atoms with Crippen LogP contribution < -0.4 is 0 Å². The third-order valence-electron chi connectivity index (χ3n) is 2.61. The standard InChI is InChI=1S/C8H14F6N2O4S2/c1-3-15(4-2)5-6-16(21(17,18)7(9,10)11)22(19,20)8(12,13)14/h3-6H2,1-2H3. The molecule has 0 saturated heterocycles. The predicted molar refractivity (Wildman–Crippen MR) is 64.4 cm³/mol. The van der Waals surface area contributed by atoms with Gasteiger partial charge in [0.1, 0.15) is 0 Å². The molecule has 0 aliphatic heterocycles. The Balaban J connectivity index is 5.85. The van der Waals surface area contributed by atoms with Gasteiger partial charge in [-0.25, -0.2) is 16.8 Å². The minimum absolute atomic E-state index is 0.183. The fourth-order valence-corrected chi connectivity index (χ4v) is 4.01. The number of hydrogen-bond donors (Lipinski definition) is 0. The first-order valence-corrected chi connectivity index (χ1v) is 8.63. The molecule has 0 spiro atoms. The van der Waals surface area contributed by atoms with Gasteiger partial charge in [0, 0.05) is 13.1 Å². The summed E-state index contributed by atoms with van der Waals surface area (Å²) in [6.45, 7) is 1.29. The summed E-state index contributed by atoms with van der Waals surface area (Å²) in [5.41, 5.74) is -12.3. The summed E-state index contributed by atoms with van der Waals surface area (Å²) in [5, 5.41) is 0. The molecule has 0 N–H and O–H groups in total. The maximum atomic E-state index is 12.4. The van der Waals surface area contributed by atoms with E-state index in [1.807, 2.05) is 0 Å². The van der Waals surface area contributed by atoms with Crippen molar-refractivity contribution < 1.29 is 43.2 Å². The summed E-state index contributed by atoms with van der Waals surface area (Å²) < 4.78 is 118. The Labute approximate surface area is 123 Å². The zero-order chi connectivity index (χ0) is 18.0. The molecule has 0 unspecified atom stereocenters. The number of rotatable bonds is 7. The zero-order valence-corrected chi connectivity index (χ0v) is 13.1. The SMILES string of the molecule is CCN(CC)CCN(S(=O)(=O)C(F)(F)F)S(=O)(=O)C(F)(F)F. The van der Waals surface area contributed by atoms with Gasteiger partial charge in [0.25, 0.3) is 0 Å². The van der Waals surface area contributed by atoms with Crippen molar-refractivity contribution in [2.45, 2.75) is 24.9 Å². The summed E-state index contributed by atoms with van der Waals surface area (Å²) in [4.78, 5) is 1.27. The lowest BCUT2D eigenvalue weighted by Crippen LogP contribution is -2.51. The van der Waals surface area contributed by atoms with Gasteiger partial charge in [-0.15, -0.1) is 0 Å². The molecule has 22 heavy (non-hydrogen) atoms. The van der Waals surface area contributed by atoms with Crippen LogP contribution in [0.25, 0.3) is 0 Å². The van der Waals surface area contributed by atoms with Crippen molar-refractivity contribution in [3.8, 4) is 0 Å². The summed E-state index contributed by atoms with van der Waals surface area (Å²) in [7, 11) is -13.4. The first-order chi connectivity index (χ1) is 9.62. The molecule has 0 aliphatic carbocycles. The van der Waals surface area contributed by atoms with Crippen LogP contribution in [-0.4, -0.2) is 62.6 Å². The molecule has 134 valence electrons. The molecule has 0 aromatic rings. The molecular weight excluding hydrogens is 366 g/mol. The van der Waals surface area contributed by atoms with Gasteiger partial charge in [-0.05, 0) is 13.1 Å². The minimum Gasteiger partial charge on any atom is -0.303 e. The van der Waals surface area contributed by atoms with Gasteiger partial charge in [-0.2, -0.15) is 26.3 Å². The van der Waals surface area contributed by atoms with E-state index in [0.717, 1.165) is 0 Å². The van der Waals surface area contributed by atoms with Crippen LogP contribution in [0.2, 0.25) is 0 Å². The van der Waals surface area contributed by atoms with E-state index in [9.17, 15) is 43.2 Å². The Hall–Kier alpha value is -0.600. The van der Waals surface area contributed by atoms with E-state index < -0.39 is 47.9 Å². The highest BCUT2D eigenvalue weighted by Crippen LogP contribution is 2.34. The first kappa shape index (κ1) is 21.4. The van der Waals surface area contributed by atoms with Crippen LogP contribution in [-0.2, 0) is 20.0 Å². The van der Waals surface area contributed by atoms with Crippen LogP contribution in [0.1, 0.15) is 13.8 Å². The summed E-state index contributed by atoms with van der Waals surface area (Å²) in [5.74, 6) is 0. The molecule has 0 bridgehead atoms. The van der Waals surface area contributed by atoms with Crippen molar-refractivity contribution in [1.29, 1.82) is 0 Å². The second-order valence-electron chi connectivity index (χ2n) is 3.92. The van der Waals surface area contributed by atoms with E-state index in [4.69, 9.17) is 0 Å². The highest BCUT2D eigenvalue weighted by Gasteiger charge is 2.61. The van der Waals surface area contributed by atoms with Crippen molar-refractivity contribution >= 4 is 20.0 Å². The number of nitrogens with zero attached hydrogens (tertiary/aromatic N) is 2. The smallest absolute Gasteiger partial charge is 0.303 e. The van der Waals surface area contributed by atoms with Gasteiger partial charge in [-0.1, -0.05) is 17.6 Å². The van der Waals surface area contributed by atoms with Crippen LogP contribution in [0.5, 0.6) is 0 Å². The van der Waals surface area contributed by atoms with Gasteiger partial charge in [0.15, 0.2) is 0 Å². The first-order valence-electron chi connectivity index (χ1n) is 5.75. The molecule has 0 radical (unpaired) electrons. The van der Waals surface area contributed by atoms with Gasteiger partial charge >= 0.3 is 31.1 Å². The van der Waals surface area contributed by atoms with Gasteiger partial charge in [0.2, 0.25) is 0 Å². The fraction of sp³-hybridized carbons (Fsp3) is 1.00. The monoisotopic (exact) mass is 380 g/mol. The number of alkyl halides is 6. The van der Waals surface area contributed by atoms with Crippen molar-refractivity contribution in [1.82, 2.24) is 8.61 Å². The van der Waals surface area contributed by atoms with E-state index in [1.165, 1.54) is 18.7 Å². The molecule has 0 fully saturated rings. The Morgan fingerprint density at radius 2 is 1.05 bits per heavy atom. The quantitative estimate of drug-likeness (QED) is 0.623. The molecule has 0 heterocycles. The highest BCUT2D eigenvalue weighted by molar-refractivity contribution is 8.04. The lowest BCUT2D eigenvalue weighted by molar-refractivity contribution is -0.0532. The maximum absolute atomic E-state index is 12.4. The van der Waals surface area contributed by atoms with Crippen LogP contribution in [0.4, 0.5) is 26.3 Å². The average molecular weight is 380 g/mol. The molecule has 0 amide bonds. The molecular formula is C8H14F6N2O4S2. The Kier molecular flexibility index (Phi) is 6.69. The van der Waals surface area contributed by atoms with Crippen LogP contribution in [0.3, 0.4) is 0 Å². The topological polar surface area (TPSA) is 74.8 Å². The Bertz CT molecular complexity index is 520. The van der Waals surface area contributed by atoms with Gasteiger partial charge in [0.05, 0.1) is 0 Å². The third kappa shape index (κ3) is 4.45. The molecule has 0 atom stereocenters. The largest absolute Gasteiger partial charge is 0.512 e. The van der Waals surface area contributed by atoms with E-state index in [2.05, 4.69) is 0 Å². The van der Waals surface area contributed by atoms with Crippen LogP contribution >= 0.6 is 0 Å². The average Bonchev–Trinajstić information content (AvgIpc) is 2.31. The van der Waals surface area contributed by atoms with Crippen molar-refractivity contribution in [2.75, 3.05) is 26.2 Å². The lowest BCUT2D eigenvalue weighted by atomic mass is 10.5. The number of halogens is 6. The highest BCUT2D eigenvalue weighted by atomic mass is 32.3. The summed E-state index contributed by atoms with van der Waals surface area (Å²) >= 11 is 0. The maximum Gasteiger partial charge on any atom is 0.512 e. The zero-order valence-electron chi connectivity index (χ0n) is 11.4. The normalized spacial score (nSPS) is 14.8. The van der Waals surface area contributed by atoms with Gasteiger partial charge in [-0.3, -0.25) is 0 Å². The Morgan fingerprint density at radius 3 is 1.27 bits per heavy atom. The van der Waals surface area contributed by atoms with Gasteiger partial charge < -0.3 is 4.90 Å². The van der Waals surface area contributed by atoms with E-state index >= 15 is 0 Å². The molecule has 6 nitrogen and oxygen atoms in total. The molecule has 0 saturated carbocycles. The van der Waals surface area contributed by atoms with Crippen LogP contribution in [0.15, 0.2) is 0 Å². The number of hydrogen-bond acceptors (Lipinski definition) is 5. The number of likely N-dealkylation sites (N-methyl/N-ethyl adjacent to an activating group) is 1. The van der Waals surface area contributed by atoms with E-state index in [-0.39, 0.29) is 13.1 Å². The number of sulfonamides is 2. The van der Waals surface area contributed by atoms with Crippen molar-refractivity contribution in [3.05, 3.63) is 0 Å². The Morgan fingerprint density at radius 1 is 0.727 bits per heavy atom. The van der Waals surface area contributed by atoms with Crippen molar-refractivity contribution in [2.24, 2.45) is 0 Å². The molecule has 0 aromatic carbocycles. The lowest BCUT2D eigenvalue weighted by Gasteiger charge is -2.26. The summed E-state index contributed by atoms with van der Waals surface area (Å²) in [6, 6.07) is 0. The van der Waals surface area contributed by atoms with Crippen molar-refractivity contribution in [3.63, 3.8) is 0 Å². The third-order valence-corrected chi connectivity index (χ3v) is 6.40. The second-order valence-corrected chi connectivity index (χ2v) is 7.86. The molecule has 0 aliphatic rings. The predicted octanol–water partition coefficient (Wildman–Crippen LogP) is 1.33. The van der Waals surface area contributed by atoms with Crippen LogP contribution in [0, 0.1) is 0 Å². The molecule has 14 heteroatoms. The fourth-order valence-electron chi connectivity index (χ4n) is 1.36.